The Labute approximate surface area is 122 Å². The van der Waals surface area contributed by atoms with E-state index in [1.807, 2.05) is 0 Å². The summed E-state index contributed by atoms with van der Waals surface area (Å²) in [7, 11) is 0. The highest BCUT2D eigenvalue weighted by Crippen LogP contribution is 2.37. The van der Waals surface area contributed by atoms with Gasteiger partial charge in [0.05, 0.1) is 0 Å². The first-order valence-corrected chi connectivity index (χ1v) is 6.04. The lowest BCUT2D eigenvalue weighted by atomic mass is 9.94. The molecule has 22 heavy (non-hydrogen) atoms. The Kier molecular flexibility index (Phi) is 4.70. The molecule has 0 aliphatic heterocycles. The van der Waals surface area contributed by atoms with Crippen LogP contribution in [0.15, 0.2) is 60.7 Å². The van der Waals surface area contributed by atoms with Crippen LogP contribution in [-0.4, -0.2) is 0 Å². The van der Waals surface area contributed by atoms with Crippen LogP contribution in [0.4, 0.5) is 26.3 Å². The molecule has 2 aromatic rings. The largest absolute Gasteiger partial charge is 0.306 e. The highest BCUT2D eigenvalue weighted by Gasteiger charge is 2.19. The Balaban J connectivity index is 2.75. The first kappa shape index (κ1) is 15.9. The lowest BCUT2D eigenvalue weighted by molar-refractivity contribution is 0.410. The Morgan fingerprint density at radius 1 is 0.500 bits per heavy atom. The maximum atomic E-state index is 13.6. The zero-order chi connectivity index (χ0) is 16.3. The Bertz CT molecular complexity index is 687. The van der Waals surface area contributed by atoms with Crippen LogP contribution in [0, 0.1) is 0 Å². The predicted octanol–water partition coefficient (Wildman–Crippen LogP) is 6.42. The van der Waals surface area contributed by atoms with E-state index in [9.17, 15) is 26.3 Å². The third-order valence-corrected chi connectivity index (χ3v) is 2.95. The summed E-state index contributed by atoms with van der Waals surface area (Å²) in [5.74, 6) is -3.56. The highest BCUT2D eigenvalue weighted by atomic mass is 19.3. The summed E-state index contributed by atoms with van der Waals surface area (Å²) in [6.45, 7) is 0. The van der Waals surface area contributed by atoms with Gasteiger partial charge in [-0.05, 0) is 11.1 Å². The molecule has 2 aromatic carbocycles. The average Bonchev–Trinajstić information content (AvgIpc) is 2.53. The van der Waals surface area contributed by atoms with Crippen molar-refractivity contribution in [2.75, 3.05) is 0 Å². The minimum absolute atomic E-state index is 0.111. The first-order valence-electron chi connectivity index (χ1n) is 6.04. The van der Waals surface area contributed by atoms with Gasteiger partial charge >= 0.3 is 12.2 Å². The van der Waals surface area contributed by atoms with E-state index in [4.69, 9.17) is 0 Å². The smallest absolute Gasteiger partial charge is 0.200 e. The van der Waals surface area contributed by atoms with Crippen molar-refractivity contribution in [2.45, 2.75) is 0 Å². The molecule has 0 saturated carbocycles. The lowest BCUT2D eigenvalue weighted by Gasteiger charge is -2.11. The van der Waals surface area contributed by atoms with Gasteiger partial charge in [0, 0.05) is 11.1 Å². The van der Waals surface area contributed by atoms with Gasteiger partial charge in [-0.3, -0.25) is 0 Å². The summed E-state index contributed by atoms with van der Waals surface area (Å²) in [6, 6.07) is 10.1. The summed E-state index contributed by atoms with van der Waals surface area (Å²) in [5, 5.41) is 0. The number of hydrogen-bond donors (Lipinski definition) is 0. The van der Waals surface area contributed by atoms with E-state index < -0.39 is 34.9 Å². The topological polar surface area (TPSA) is 0 Å². The molecule has 0 bridgehead atoms. The van der Waals surface area contributed by atoms with Gasteiger partial charge in [-0.15, -0.1) is 0 Å². The average molecular weight is 314 g/mol. The van der Waals surface area contributed by atoms with Crippen LogP contribution in [0.1, 0.15) is 11.1 Å². The van der Waals surface area contributed by atoms with Crippen LogP contribution in [0.3, 0.4) is 0 Å². The molecule has 2 rings (SSSR count). The van der Waals surface area contributed by atoms with Gasteiger partial charge < -0.3 is 0 Å². The van der Waals surface area contributed by atoms with Crippen LogP contribution in [0.2, 0.25) is 0 Å². The zero-order valence-corrected chi connectivity index (χ0v) is 10.9. The van der Waals surface area contributed by atoms with E-state index in [-0.39, 0.29) is 11.1 Å². The fourth-order valence-electron chi connectivity index (χ4n) is 2.02. The van der Waals surface area contributed by atoms with Gasteiger partial charge in [-0.25, -0.2) is 8.78 Å². The van der Waals surface area contributed by atoms with E-state index in [1.165, 1.54) is 36.4 Å². The third kappa shape index (κ3) is 3.05. The van der Waals surface area contributed by atoms with Crippen molar-refractivity contribution in [1.82, 2.24) is 0 Å². The van der Waals surface area contributed by atoms with Crippen LogP contribution in [-0.2, 0) is 0 Å². The number of benzene rings is 2. The quantitative estimate of drug-likeness (QED) is 0.573. The second-order valence-corrected chi connectivity index (χ2v) is 4.24. The molecular formula is C16H8F6. The van der Waals surface area contributed by atoms with Gasteiger partial charge in [0.1, 0.15) is 0 Å². The normalized spacial score (nSPS) is 10.3. The van der Waals surface area contributed by atoms with Crippen molar-refractivity contribution in [3.8, 4) is 11.1 Å². The molecule has 0 fully saturated rings. The number of hydrogen-bond acceptors (Lipinski definition) is 0. The molecule has 0 spiro atoms. The van der Waals surface area contributed by atoms with E-state index in [0.717, 1.165) is 12.1 Å². The molecule has 0 atom stereocenters. The highest BCUT2D eigenvalue weighted by molar-refractivity contribution is 5.85. The minimum atomic E-state index is -2.54. The second kappa shape index (κ2) is 6.51. The Morgan fingerprint density at radius 2 is 0.818 bits per heavy atom. The van der Waals surface area contributed by atoms with E-state index in [0.29, 0.717) is 0 Å². The van der Waals surface area contributed by atoms with E-state index in [1.54, 1.807) is 0 Å². The molecule has 0 aliphatic rings. The fraction of sp³-hybridized carbons (Fsp3) is 0. The second-order valence-electron chi connectivity index (χ2n) is 4.24. The summed E-state index contributed by atoms with van der Waals surface area (Å²) >= 11 is 0. The monoisotopic (exact) mass is 314 g/mol. The maximum absolute atomic E-state index is 13.6. The molecule has 0 aromatic heterocycles. The molecule has 0 nitrogen and oxygen atoms in total. The molecule has 0 amide bonds. The van der Waals surface area contributed by atoms with Gasteiger partial charge in [0.2, 0.25) is 0 Å². The molecule has 0 saturated heterocycles. The van der Waals surface area contributed by atoms with Gasteiger partial charge in [0.15, 0.2) is 11.7 Å². The van der Waals surface area contributed by atoms with E-state index in [2.05, 4.69) is 0 Å². The fourth-order valence-corrected chi connectivity index (χ4v) is 2.02. The first-order chi connectivity index (χ1) is 10.4. The van der Waals surface area contributed by atoms with Crippen LogP contribution in [0.5, 0.6) is 0 Å². The number of rotatable bonds is 3. The predicted molar refractivity (Wildman–Crippen MR) is 72.4 cm³/mol. The molecule has 6 heteroatoms. The standard InChI is InChI=1S/C16H8F6/c17-13(15(19)20)11-7-3-1-5-9(11)10-6-2-4-8-12(10)14(18)16(21)22/h1-8H. The van der Waals surface area contributed by atoms with Crippen molar-refractivity contribution in [3.63, 3.8) is 0 Å². The molecule has 0 aliphatic carbocycles. The van der Waals surface area contributed by atoms with Crippen LogP contribution < -0.4 is 0 Å². The van der Waals surface area contributed by atoms with Gasteiger partial charge in [0.25, 0.3) is 0 Å². The SMILES string of the molecule is FC(F)=C(F)c1ccccc1-c1ccccc1C(F)=C(F)F. The summed E-state index contributed by atoms with van der Waals surface area (Å²) in [5.41, 5.74) is -1.22. The molecule has 0 heterocycles. The Hall–Kier alpha value is -2.50. The Morgan fingerprint density at radius 3 is 1.14 bits per heavy atom. The van der Waals surface area contributed by atoms with Crippen LogP contribution in [0.25, 0.3) is 22.8 Å². The van der Waals surface area contributed by atoms with Crippen molar-refractivity contribution in [2.24, 2.45) is 0 Å². The third-order valence-electron chi connectivity index (χ3n) is 2.95. The maximum Gasteiger partial charge on any atom is 0.306 e. The zero-order valence-electron chi connectivity index (χ0n) is 10.9. The molecular weight excluding hydrogens is 306 g/mol. The van der Waals surface area contributed by atoms with Crippen LogP contribution >= 0.6 is 0 Å². The number of halogens is 6. The lowest BCUT2D eigenvalue weighted by Crippen LogP contribution is -1.92. The van der Waals surface area contributed by atoms with Gasteiger partial charge in [-0.1, -0.05) is 48.5 Å². The molecule has 0 N–H and O–H groups in total. The van der Waals surface area contributed by atoms with Crippen molar-refractivity contribution in [3.05, 3.63) is 71.8 Å². The van der Waals surface area contributed by atoms with Crippen molar-refractivity contribution in [1.29, 1.82) is 0 Å². The summed E-state index contributed by atoms with van der Waals surface area (Å²) < 4.78 is 77.1. The van der Waals surface area contributed by atoms with Crippen molar-refractivity contribution < 1.29 is 26.3 Å². The van der Waals surface area contributed by atoms with E-state index >= 15 is 0 Å². The summed E-state index contributed by atoms with van der Waals surface area (Å²) in [6.07, 6.45) is -5.09. The summed E-state index contributed by atoms with van der Waals surface area (Å²) in [4.78, 5) is 0. The molecule has 0 radical (unpaired) electrons. The van der Waals surface area contributed by atoms with Crippen molar-refractivity contribution >= 4 is 11.7 Å². The minimum Gasteiger partial charge on any atom is -0.200 e. The molecule has 0 unspecified atom stereocenters. The van der Waals surface area contributed by atoms with Gasteiger partial charge in [-0.2, -0.15) is 17.6 Å². The molecule has 114 valence electrons.